The molecule has 4 aromatic rings. The van der Waals surface area contributed by atoms with Crippen LogP contribution in [0.4, 0.5) is 11.6 Å². The van der Waals surface area contributed by atoms with Crippen LogP contribution in [0, 0.1) is 0 Å². The summed E-state index contributed by atoms with van der Waals surface area (Å²) in [5, 5.41) is 14.2. The second-order valence-electron chi connectivity index (χ2n) is 5.81. The van der Waals surface area contributed by atoms with E-state index in [0.717, 1.165) is 34.3 Å². The molecule has 2 aromatic heterocycles. The van der Waals surface area contributed by atoms with Gasteiger partial charge in [0.25, 0.3) is 0 Å². The topological polar surface area (TPSA) is 78.5 Å². The van der Waals surface area contributed by atoms with Crippen LogP contribution in [0.2, 0.25) is 0 Å². The summed E-state index contributed by atoms with van der Waals surface area (Å²) in [7, 11) is 1.94. The molecule has 6 nitrogen and oxygen atoms in total. The van der Waals surface area contributed by atoms with E-state index >= 15 is 0 Å². The van der Waals surface area contributed by atoms with E-state index in [2.05, 4.69) is 42.9 Å². The molecule has 0 radical (unpaired) electrons. The third-order valence-corrected chi connectivity index (χ3v) is 4.01. The van der Waals surface area contributed by atoms with Gasteiger partial charge in [-0.25, -0.2) is 9.97 Å². The first-order chi connectivity index (χ1) is 12.3. The fourth-order valence-corrected chi connectivity index (χ4v) is 2.71. The lowest BCUT2D eigenvalue weighted by Crippen LogP contribution is -2.04. The average Bonchev–Trinajstić information content (AvgIpc) is 3.18. The molecule has 0 aliphatic rings. The summed E-state index contributed by atoms with van der Waals surface area (Å²) in [5.74, 6) is 0.582. The third kappa shape index (κ3) is 3.34. The van der Waals surface area contributed by atoms with Crippen LogP contribution in [0.1, 0.15) is 5.56 Å². The monoisotopic (exact) mass is 330 g/mol. The summed E-state index contributed by atoms with van der Waals surface area (Å²) in [6.07, 6.45) is 5.50. The molecule has 0 unspecified atom stereocenters. The number of H-pyrrole nitrogens is 1. The number of hydrogen-bond acceptors (Lipinski definition) is 5. The lowest BCUT2D eigenvalue weighted by atomic mass is 10.1. The van der Waals surface area contributed by atoms with E-state index in [1.807, 2.05) is 49.8 Å². The Labute approximate surface area is 145 Å². The van der Waals surface area contributed by atoms with Gasteiger partial charge in [0.05, 0.1) is 11.7 Å². The maximum absolute atomic E-state index is 4.63. The third-order valence-electron chi connectivity index (χ3n) is 4.01. The van der Waals surface area contributed by atoms with Crippen LogP contribution < -0.4 is 10.6 Å². The Hall–Kier alpha value is -3.25. The zero-order valence-electron chi connectivity index (χ0n) is 13.8. The van der Waals surface area contributed by atoms with E-state index in [-0.39, 0.29) is 0 Å². The fraction of sp³-hybridized carbons (Fsp3) is 0.105. The Morgan fingerprint density at radius 1 is 1.00 bits per heavy atom. The van der Waals surface area contributed by atoms with Crippen molar-refractivity contribution in [2.75, 3.05) is 12.4 Å². The average molecular weight is 330 g/mol. The minimum absolute atomic E-state index is 0.582. The maximum Gasteiger partial charge on any atom is 0.227 e. The first kappa shape index (κ1) is 15.3. The van der Waals surface area contributed by atoms with Crippen molar-refractivity contribution in [2.24, 2.45) is 0 Å². The van der Waals surface area contributed by atoms with Gasteiger partial charge in [0.1, 0.15) is 0 Å². The van der Waals surface area contributed by atoms with Gasteiger partial charge < -0.3 is 10.6 Å². The van der Waals surface area contributed by atoms with Crippen LogP contribution >= 0.6 is 0 Å². The van der Waals surface area contributed by atoms with E-state index in [4.69, 9.17) is 0 Å². The van der Waals surface area contributed by atoms with Gasteiger partial charge in [-0.15, -0.1) is 0 Å². The number of fused-ring (bicyclic) bond motifs is 1. The predicted molar refractivity (Wildman–Crippen MR) is 99.6 cm³/mol. The number of aromatic nitrogens is 4. The second-order valence-corrected chi connectivity index (χ2v) is 5.81. The number of benzene rings is 2. The number of anilines is 2. The van der Waals surface area contributed by atoms with Crippen molar-refractivity contribution in [2.45, 2.75) is 6.54 Å². The minimum Gasteiger partial charge on any atom is -0.324 e. The highest BCUT2D eigenvalue weighted by atomic mass is 15.1. The highest BCUT2D eigenvalue weighted by Crippen LogP contribution is 2.23. The summed E-state index contributed by atoms with van der Waals surface area (Å²) in [4.78, 5) is 9.03. The van der Waals surface area contributed by atoms with Gasteiger partial charge in [0, 0.05) is 35.6 Å². The Morgan fingerprint density at radius 2 is 1.88 bits per heavy atom. The molecule has 0 amide bonds. The van der Waals surface area contributed by atoms with Crippen molar-refractivity contribution < 1.29 is 0 Å². The number of hydrogen-bond donors (Lipinski definition) is 3. The number of rotatable bonds is 5. The number of nitrogens with zero attached hydrogens (tertiary/aromatic N) is 3. The maximum atomic E-state index is 4.63. The molecule has 6 heteroatoms. The van der Waals surface area contributed by atoms with Gasteiger partial charge in [0.15, 0.2) is 0 Å². The molecule has 124 valence electrons. The quantitative estimate of drug-likeness (QED) is 0.522. The molecule has 0 saturated carbocycles. The van der Waals surface area contributed by atoms with Gasteiger partial charge in [-0.1, -0.05) is 24.3 Å². The van der Waals surface area contributed by atoms with E-state index in [0.29, 0.717) is 5.95 Å². The minimum atomic E-state index is 0.582. The summed E-state index contributed by atoms with van der Waals surface area (Å²) >= 11 is 0. The van der Waals surface area contributed by atoms with Crippen molar-refractivity contribution in [1.29, 1.82) is 0 Å². The second kappa shape index (κ2) is 6.70. The first-order valence-corrected chi connectivity index (χ1v) is 8.08. The lowest BCUT2D eigenvalue weighted by molar-refractivity contribution is 0.818. The molecule has 2 heterocycles. The normalized spacial score (nSPS) is 10.9. The first-order valence-electron chi connectivity index (χ1n) is 8.08. The zero-order chi connectivity index (χ0) is 17.1. The molecule has 2 aromatic carbocycles. The van der Waals surface area contributed by atoms with Gasteiger partial charge >= 0.3 is 0 Å². The van der Waals surface area contributed by atoms with Crippen molar-refractivity contribution >= 4 is 22.5 Å². The predicted octanol–water partition coefficient (Wildman–Crippen LogP) is 3.48. The van der Waals surface area contributed by atoms with Crippen LogP contribution in [-0.4, -0.2) is 27.2 Å². The van der Waals surface area contributed by atoms with E-state index in [1.165, 1.54) is 5.56 Å². The molecule has 0 aliphatic carbocycles. The summed E-state index contributed by atoms with van der Waals surface area (Å²) < 4.78 is 0. The van der Waals surface area contributed by atoms with Crippen LogP contribution in [0.5, 0.6) is 0 Å². The molecule has 4 rings (SSSR count). The molecular formula is C19H18N6. The number of nitrogens with one attached hydrogen (secondary N) is 3. The van der Waals surface area contributed by atoms with Gasteiger partial charge in [-0.2, -0.15) is 5.10 Å². The molecule has 25 heavy (non-hydrogen) atoms. The molecule has 0 spiro atoms. The van der Waals surface area contributed by atoms with Crippen LogP contribution in [0.25, 0.3) is 22.0 Å². The van der Waals surface area contributed by atoms with Gasteiger partial charge in [-0.05, 0) is 36.4 Å². The highest BCUT2D eigenvalue weighted by Gasteiger charge is 2.04. The number of aromatic amines is 1. The molecule has 0 fully saturated rings. The van der Waals surface area contributed by atoms with Crippen LogP contribution in [0.15, 0.2) is 61.1 Å². The standard InChI is InChI=1S/C19H18N6/c1-20-9-13-2-6-17(7-3-13)24-19-21-10-15-5-4-14(8-18(15)25-19)16-11-22-23-12-16/h2-8,10-12,20H,9H2,1H3,(H,22,23)(H,21,24,25). The van der Waals surface area contributed by atoms with E-state index < -0.39 is 0 Å². The summed E-state index contributed by atoms with van der Waals surface area (Å²) in [5.41, 5.74) is 5.20. The van der Waals surface area contributed by atoms with E-state index in [1.54, 1.807) is 6.20 Å². The molecule has 0 aliphatic heterocycles. The van der Waals surface area contributed by atoms with Crippen LogP contribution in [-0.2, 0) is 6.54 Å². The van der Waals surface area contributed by atoms with Crippen molar-refractivity contribution in [3.63, 3.8) is 0 Å². The molecule has 0 atom stereocenters. The van der Waals surface area contributed by atoms with Crippen molar-refractivity contribution in [3.8, 4) is 11.1 Å². The summed E-state index contributed by atoms with van der Waals surface area (Å²) in [6, 6.07) is 14.3. The van der Waals surface area contributed by atoms with Crippen molar-refractivity contribution in [3.05, 3.63) is 66.6 Å². The molecule has 0 saturated heterocycles. The SMILES string of the molecule is CNCc1ccc(Nc2ncc3ccc(-c4cn[nH]c4)cc3n2)cc1. The van der Waals surface area contributed by atoms with Gasteiger partial charge in [0.2, 0.25) is 5.95 Å². The Balaban J connectivity index is 1.61. The lowest BCUT2D eigenvalue weighted by Gasteiger charge is -2.07. The summed E-state index contributed by atoms with van der Waals surface area (Å²) in [6.45, 7) is 0.851. The Kier molecular flexibility index (Phi) is 4.10. The fourth-order valence-electron chi connectivity index (χ4n) is 2.71. The molecular weight excluding hydrogens is 312 g/mol. The zero-order valence-corrected chi connectivity index (χ0v) is 13.8. The Morgan fingerprint density at radius 3 is 2.64 bits per heavy atom. The van der Waals surface area contributed by atoms with Crippen molar-refractivity contribution in [1.82, 2.24) is 25.5 Å². The molecule has 0 bridgehead atoms. The molecule has 3 N–H and O–H groups in total. The van der Waals surface area contributed by atoms with E-state index in [9.17, 15) is 0 Å². The highest BCUT2D eigenvalue weighted by molar-refractivity contribution is 5.84. The smallest absolute Gasteiger partial charge is 0.227 e. The van der Waals surface area contributed by atoms with Gasteiger partial charge in [-0.3, -0.25) is 5.10 Å². The largest absolute Gasteiger partial charge is 0.324 e. The van der Waals surface area contributed by atoms with Crippen LogP contribution in [0.3, 0.4) is 0 Å². The Bertz CT molecular complexity index is 977.